The van der Waals surface area contributed by atoms with Gasteiger partial charge in [-0.2, -0.15) is 0 Å². The number of nitrogens with zero attached hydrogens (tertiary/aromatic N) is 2. The van der Waals surface area contributed by atoms with E-state index in [4.69, 9.17) is 17.3 Å². The molecule has 0 unspecified atom stereocenters. The molecule has 1 rings (SSSR count). The zero-order chi connectivity index (χ0) is 11.6. The molecule has 0 amide bonds. The van der Waals surface area contributed by atoms with Crippen LogP contribution < -0.4 is 10.6 Å². The summed E-state index contributed by atoms with van der Waals surface area (Å²) in [5, 5.41) is 0.287. The van der Waals surface area contributed by atoms with Crippen LogP contribution in [0, 0.1) is 5.82 Å². The van der Waals surface area contributed by atoms with E-state index in [0.717, 1.165) is 0 Å². The monoisotopic (exact) mass is 231 g/mol. The maximum Gasteiger partial charge on any atom is 0.167 e. The third-order valence-electron chi connectivity index (χ3n) is 2.51. The van der Waals surface area contributed by atoms with Crippen LogP contribution in [-0.2, 0) is 0 Å². The summed E-state index contributed by atoms with van der Waals surface area (Å²) >= 11 is 5.62. The molecule has 15 heavy (non-hydrogen) atoms. The van der Waals surface area contributed by atoms with Gasteiger partial charge in [-0.3, -0.25) is 0 Å². The van der Waals surface area contributed by atoms with Gasteiger partial charge in [-0.25, -0.2) is 9.37 Å². The summed E-state index contributed by atoms with van der Waals surface area (Å²) in [5.41, 5.74) is 5.26. The third kappa shape index (κ3) is 2.58. The van der Waals surface area contributed by atoms with Crippen LogP contribution in [-0.4, -0.2) is 24.1 Å². The van der Waals surface area contributed by atoms with Crippen molar-refractivity contribution in [1.29, 1.82) is 0 Å². The number of aromatic nitrogens is 1. The molecule has 0 atom stereocenters. The molecule has 1 aromatic heterocycles. The first-order valence-corrected chi connectivity index (χ1v) is 5.01. The minimum absolute atomic E-state index is 0.259. The first-order chi connectivity index (χ1) is 6.88. The van der Waals surface area contributed by atoms with Gasteiger partial charge in [0.15, 0.2) is 11.6 Å². The fourth-order valence-electron chi connectivity index (χ4n) is 1.08. The minimum atomic E-state index is -0.438. The predicted octanol–water partition coefficient (Wildman–Crippen LogP) is 2.05. The number of hydrogen-bond acceptors (Lipinski definition) is 3. The van der Waals surface area contributed by atoms with Gasteiger partial charge in [0.1, 0.15) is 0 Å². The molecule has 1 heterocycles. The Bertz CT molecular complexity index is 355. The van der Waals surface area contributed by atoms with E-state index >= 15 is 0 Å². The second-order valence-corrected chi connectivity index (χ2v) is 4.47. The maximum absolute atomic E-state index is 13.5. The molecule has 0 aromatic carbocycles. The Labute approximate surface area is 94.0 Å². The summed E-state index contributed by atoms with van der Waals surface area (Å²) in [7, 11) is 1.76. The highest BCUT2D eigenvalue weighted by Gasteiger charge is 2.25. The molecule has 0 radical (unpaired) electrons. The van der Waals surface area contributed by atoms with Crippen molar-refractivity contribution in [2.75, 3.05) is 18.5 Å². The van der Waals surface area contributed by atoms with Crippen LogP contribution in [0.4, 0.5) is 10.2 Å². The Morgan fingerprint density at radius 2 is 2.20 bits per heavy atom. The van der Waals surface area contributed by atoms with Crippen LogP contribution in [0.1, 0.15) is 13.8 Å². The maximum atomic E-state index is 13.5. The molecule has 0 saturated heterocycles. The van der Waals surface area contributed by atoms with E-state index < -0.39 is 5.82 Å². The number of pyridine rings is 1. The van der Waals surface area contributed by atoms with Gasteiger partial charge in [-0.1, -0.05) is 11.6 Å². The fourth-order valence-corrected chi connectivity index (χ4v) is 1.22. The van der Waals surface area contributed by atoms with Crippen LogP contribution in [0.3, 0.4) is 0 Å². The second kappa shape index (κ2) is 4.33. The zero-order valence-electron chi connectivity index (χ0n) is 9.09. The van der Waals surface area contributed by atoms with Crippen LogP contribution in [0.25, 0.3) is 0 Å². The lowest BCUT2D eigenvalue weighted by Crippen LogP contribution is -2.48. The van der Waals surface area contributed by atoms with Crippen LogP contribution in [0.15, 0.2) is 12.3 Å². The molecule has 84 valence electrons. The molecule has 3 nitrogen and oxygen atoms in total. The van der Waals surface area contributed by atoms with E-state index in [1.54, 1.807) is 11.9 Å². The van der Waals surface area contributed by atoms with Crippen molar-refractivity contribution in [3.8, 4) is 0 Å². The van der Waals surface area contributed by atoms with Gasteiger partial charge in [-0.15, -0.1) is 0 Å². The molecule has 0 aliphatic heterocycles. The molecule has 0 spiro atoms. The minimum Gasteiger partial charge on any atom is -0.351 e. The summed E-state index contributed by atoms with van der Waals surface area (Å²) in [6.07, 6.45) is 1.42. The van der Waals surface area contributed by atoms with Gasteiger partial charge in [0, 0.05) is 25.3 Å². The van der Waals surface area contributed by atoms with Gasteiger partial charge >= 0.3 is 0 Å². The average Bonchev–Trinajstić information content (AvgIpc) is 2.17. The standard InChI is InChI=1S/C10H15ClFN3/c1-10(2,6-13)15(3)9-8(12)4-7(11)5-14-9/h4-5H,6,13H2,1-3H3. The number of rotatable bonds is 3. The van der Waals surface area contributed by atoms with Crippen molar-refractivity contribution >= 4 is 17.4 Å². The molecule has 0 saturated carbocycles. The summed E-state index contributed by atoms with van der Waals surface area (Å²) < 4.78 is 13.5. The van der Waals surface area contributed by atoms with Crippen LogP contribution in [0.5, 0.6) is 0 Å². The van der Waals surface area contributed by atoms with Crippen molar-refractivity contribution < 1.29 is 4.39 Å². The van der Waals surface area contributed by atoms with E-state index in [1.165, 1.54) is 12.3 Å². The van der Waals surface area contributed by atoms with E-state index in [-0.39, 0.29) is 16.4 Å². The van der Waals surface area contributed by atoms with E-state index in [2.05, 4.69) is 4.98 Å². The van der Waals surface area contributed by atoms with Crippen molar-refractivity contribution in [3.63, 3.8) is 0 Å². The normalized spacial score (nSPS) is 11.6. The molecule has 0 aliphatic rings. The number of anilines is 1. The van der Waals surface area contributed by atoms with E-state index in [9.17, 15) is 4.39 Å². The molecule has 2 N–H and O–H groups in total. The topological polar surface area (TPSA) is 42.2 Å². The van der Waals surface area contributed by atoms with Gasteiger partial charge in [-0.05, 0) is 19.9 Å². The first-order valence-electron chi connectivity index (χ1n) is 4.63. The lowest BCUT2D eigenvalue weighted by Gasteiger charge is -2.35. The van der Waals surface area contributed by atoms with Crippen molar-refractivity contribution in [2.45, 2.75) is 19.4 Å². The van der Waals surface area contributed by atoms with Gasteiger partial charge in [0.2, 0.25) is 0 Å². The highest BCUT2D eigenvalue weighted by Crippen LogP contribution is 2.23. The predicted molar refractivity (Wildman–Crippen MR) is 60.7 cm³/mol. The lowest BCUT2D eigenvalue weighted by atomic mass is 10.0. The Balaban J connectivity index is 3.06. The van der Waals surface area contributed by atoms with Crippen molar-refractivity contribution in [1.82, 2.24) is 4.98 Å². The number of hydrogen-bond donors (Lipinski definition) is 1. The highest BCUT2D eigenvalue weighted by atomic mass is 35.5. The van der Waals surface area contributed by atoms with Gasteiger partial charge in [0.25, 0.3) is 0 Å². The Morgan fingerprint density at radius 1 is 1.60 bits per heavy atom. The van der Waals surface area contributed by atoms with Crippen LogP contribution >= 0.6 is 11.6 Å². The Kier molecular flexibility index (Phi) is 3.52. The summed E-state index contributed by atoms with van der Waals surface area (Å²) in [6, 6.07) is 1.24. The molecule has 0 aliphatic carbocycles. The smallest absolute Gasteiger partial charge is 0.167 e. The second-order valence-electron chi connectivity index (χ2n) is 4.03. The molecule has 1 aromatic rings. The van der Waals surface area contributed by atoms with Crippen molar-refractivity contribution in [2.24, 2.45) is 5.73 Å². The Morgan fingerprint density at radius 3 is 2.67 bits per heavy atom. The molecular weight excluding hydrogens is 217 g/mol. The number of nitrogens with two attached hydrogens (primary N) is 1. The molecular formula is C10H15ClFN3. The number of likely N-dealkylation sites (N-methyl/N-ethyl adjacent to an activating group) is 1. The quantitative estimate of drug-likeness (QED) is 0.866. The van der Waals surface area contributed by atoms with Crippen molar-refractivity contribution in [3.05, 3.63) is 23.1 Å². The SMILES string of the molecule is CN(c1ncc(Cl)cc1F)C(C)(C)CN. The van der Waals surface area contributed by atoms with Gasteiger partial charge < -0.3 is 10.6 Å². The third-order valence-corrected chi connectivity index (χ3v) is 2.72. The molecule has 0 bridgehead atoms. The average molecular weight is 232 g/mol. The lowest BCUT2D eigenvalue weighted by molar-refractivity contribution is 0.482. The summed E-state index contributed by atoms with van der Waals surface area (Å²) in [4.78, 5) is 5.66. The Hall–Kier alpha value is -0.870. The van der Waals surface area contributed by atoms with E-state index in [0.29, 0.717) is 6.54 Å². The number of halogens is 2. The summed E-state index contributed by atoms with van der Waals surface area (Å²) in [6.45, 7) is 4.25. The first kappa shape index (κ1) is 12.2. The largest absolute Gasteiger partial charge is 0.351 e. The highest BCUT2D eigenvalue weighted by molar-refractivity contribution is 6.30. The zero-order valence-corrected chi connectivity index (χ0v) is 9.85. The van der Waals surface area contributed by atoms with Gasteiger partial charge in [0.05, 0.1) is 5.02 Å². The summed E-state index contributed by atoms with van der Waals surface area (Å²) in [5.74, 6) is -0.179. The fraction of sp³-hybridized carbons (Fsp3) is 0.500. The molecule has 0 fully saturated rings. The van der Waals surface area contributed by atoms with Crippen LogP contribution in [0.2, 0.25) is 5.02 Å². The molecule has 5 heteroatoms. The van der Waals surface area contributed by atoms with E-state index in [1.807, 2.05) is 13.8 Å².